The van der Waals surface area contributed by atoms with Crippen LogP contribution < -0.4 is 0 Å². The zero-order valence-corrected chi connectivity index (χ0v) is 5.18. The van der Waals surface area contributed by atoms with Crippen molar-refractivity contribution < 1.29 is 17.4 Å². The molecule has 0 amide bonds. The maximum atomic E-state index is 10.0. The van der Waals surface area contributed by atoms with Crippen LogP contribution >= 0.6 is 0 Å². The average Bonchev–Trinajstić information content (AvgIpc) is 1.65. The Morgan fingerprint density at radius 2 is 2.12 bits per heavy atom. The molecule has 0 aromatic heterocycles. The van der Waals surface area contributed by atoms with Crippen molar-refractivity contribution in [1.29, 1.82) is 0 Å². The number of hydrogen-bond donors (Lipinski definition) is 1. The molecule has 0 aromatic carbocycles. The fourth-order valence-corrected chi connectivity index (χ4v) is 0.443. The van der Waals surface area contributed by atoms with Gasteiger partial charge in [-0.1, -0.05) is 6.92 Å². The SMILES string of the molecule is CCC(=O)O[SH](=O)=O. The van der Waals surface area contributed by atoms with E-state index < -0.39 is 17.0 Å². The number of thiol groups is 1. The van der Waals surface area contributed by atoms with Crippen molar-refractivity contribution in [3.05, 3.63) is 0 Å². The highest BCUT2D eigenvalue weighted by atomic mass is 32.2. The molecule has 0 saturated carbocycles. The lowest BCUT2D eigenvalue weighted by Crippen LogP contribution is -1.99. The van der Waals surface area contributed by atoms with Crippen molar-refractivity contribution >= 4 is 17.0 Å². The van der Waals surface area contributed by atoms with Crippen LogP contribution in [0.2, 0.25) is 0 Å². The Bertz CT molecular complexity index is 139. The van der Waals surface area contributed by atoms with Gasteiger partial charge in [-0.15, -0.1) is 0 Å². The van der Waals surface area contributed by atoms with Crippen LogP contribution in [0.4, 0.5) is 0 Å². The molecule has 0 rings (SSSR count). The van der Waals surface area contributed by atoms with Crippen molar-refractivity contribution in [3.63, 3.8) is 0 Å². The summed E-state index contributed by atoms with van der Waals surface area (Å²) < 4.78 is 22.8. The van der Waals surface area contributed by atoms with E-state index in [2.05, 4.69) is 4.18 Å². The molecule has 0 N–H and O–H groups in total. The van der Waals surface area contributed by atoms with Crippen LogP contribution in [-0.2, 0) is 20.0 Å². The lowest BCUT2D eigenvalue weighted by atomic mass is 10.5. The van der Waals surface area contributed by atoms with Gasteiger partial charge in [0.15, 0.2) is 0 Å². The predicted molar refractivity (Wildman–Crippen MR) is 26.7 cm³/mol. The molecule has 0 aliphatic heterocycles. The molecule has 4 nitrogen and oxygen atoms in total. The van der Waals surface area contributed by atoms with Crippen LogP contribution in [0.3, 0.4) is 0 Å². The molecular weight excluding hydrogens is 132 g/mol. The van der Waals surface area contributed by atoms with Crippen molar-refractivity contribution in [1.82, 2.24) is 0 Å². The Kier molecular flexibility index (Phi) is 3.18. The van der Waals surface area contributed by atoms with E-state index in [0.717, 1.165) is 0 Å². The van der Waals surface area contributed by atoms with E-state index in [1.54, 1.807) is 0 Å². The zero-order valence-electron chi connectivity index (χ0n) is 4.29. The van der Waals surface area contributed by atoms with Crippen molar-refractivity contribution in [2.75, 3.05) is 0 Å². The summed E-state index contributed by atoms with van der Waals surface area (Å²) in [6.07, 6.45) is 0.0866. The minimum Gasteiger partial charge on any atom is -0.348 e. The van der Waals surface area contributed by atoms with Gasteiger partial charge in [-0.25, -0.2) is 0 Å². The highest BCUT2D eigenvalue weighted by Gasteiger charge is 1.95. The van der Waals surface area contributed by atoms with Crippen molar-refractivity contribution in [2.45, 2.75) is 13.3 Å². The second-order valence-corrected chi connectivity index (χ2v) is 1.67. The number of carbonyl (C=O) groups is 1. The molecule has 0 fully saturated rings. The summed E-state index contributed by atoms with van der Waals surface area (Å²) in [6.45, 7) is 1.52. The van der Waals surface area contributed by atoms with Crippen LogP contribution in [0.1, 0.15) is 13.3 Å². The zero-order chi connectivity index (χ0) is 6.57. The highest BCUT2D eigenvalue weighted by molar-refractivity contribution is 7.67. The summed E-state index contributed by atoms with van der Waals surface area (Å²) in [7, 11) is -3.00. The van der Waals surface area contributed by atoms with E-state index >= 15 is 0 Å². The first kappa shape index (κ1) is 7.42. The second kappa shape index (κ2) is 3.43. The molecule has 0 bridgehead atoms. The third-order valence-corrected chi connectivity index (χ3v) is 0.818. The Hall–Kier alpha value is -0.580. The summed E-state index contributed by atoms with van der Waals surface area (Å²) in [5, 5.41) is 0. The molecule has 0 radical (unpaired) electrons. The summed E-state index contributed by atoms with van der Waals surface area (Å²) in [4.78, 5) is 10.0. The Balaban J connectivity index is 3.56. The summed E-state index contributed by atoms with van der Waals surface area (Å²) in [5.41, 5.74) is 0. The maximum absolute atomic E-state index is 10.0. The molecule has 0 aliphatic rings. The standard InChI is InChI=1S/C3H6O4S/c1-2-3(4)7-8(5)6/h8H,2H2,1H3. The molecule has 0 unspecified atom stereocenters. The molecule has 0 heterocycles. The minimum atomic E-state index is -3.00. The lowest BCUT2D eigenvalue weighted by molar-refractivity contribution is -0.133. The van der Waals surface area contributed by atoms with Crippen LogP contribution in [0, 0.1) is 0 Å². The Morgan fingerprint density at radius 3 is 2.25 bits per heavy atom. The first-order valence-electron chi connectivity index (χ1n) is 2.02. The van der Waals surface area contributed by atoms with Gasteiger partial charge in [0.2, 0.25) is 0 Å². The molecule has 0 aromatic rings. The molecule has 0 atom stereocenters. The number of rotatable bonds is 2. The molecule has 8 heavy (non-hydrogen) atoms. The monoisotopic (exact) mass is 138 g/mol. The van der Waals surface area contributed by atoms with Gasteiger partial charge >= 0.3 is 17.0 Å². The van der Waals surface area contributed by atoms with Crippen molar-refractivity contribution in [3.8, 4) is 0 Å². The van der Waals surface area contributed by atoms with E-state index in [1.165, 1.54) is 6.92 Å². The van der Waals surface area contributed by atoms with Gasteiger partial charge in [0, 0.05) is 6.42 Å². The van der Waals surface area contributed by atoms with Gasteiger partial charge in [-0.2, -0.15) is 8.42 Å². The quantitative estimate of drug-likeness (QED) is 0.521. The molecular formula is C3H6O4S. The number of hydrogen-bond acceptors (Lipinski definition) is 4. The van der Waals surface area contributed by atoms with E-state index in [4.69, 9.17) is 0 Å². The fraction of sp³-hybridized carbons (Fsp3) is 0.667. The molecule has 5 heteroatoms. The van der Waals surface area contributed by atoms with Gasteiger partial charge in [-0.3, -0.25) is 4.79 Å². The fourth-order valence-electron chi connectivity index (χ4n) is 0.148. The second-order valence-electron chi connectivity index (χ2n) is 1.04. The first-order chi connectivity index (χ1) is 3.66. The van der Waals surface area contributed by atoms with Crippen LogP contribution in [0.25, 0.3) is 0 Å². The summed E-state index contributed by atoms with van der Waals surface area (Å²) in [5.74, 6) is -0.721. The Labute approximate surface area is 48.6 Å². The molecule has 0 saturated heterocycles. The third-order valence-electron chi connectivity index (χ3n) is 0.465. The molecule has 0 spiro atoms. The number of carbonyl (C=O) groups excluding carboxylic acids is 1. The van der Waals surface area contributed by atoms with Crippen molar-refractivity contribution in [2.24, 2.45) is 0 Å². The smallest absolute Gasteiger partial charge is 0.321 e. The predicted octanol–water partition coefficient (Wildman–Crippen LogP) is -0.534. The van der Waals surface area contributed by atoms with E-state index in [-0.39, 0.29) is 6.42 Å². The normalized spacial score (nSPS) is 9.25. The van der Waals surface area contributed by atoms with Gasteiger partial charge in [0.05, 0.1) is 0 Å². The first-order valence-corrected chi connectivity index (χ1v) is 3.11. The molecule has 0 aliphatic carbocycles. The summed E-state index contributed by atoms with van der Waals surface area (Å²) >= 11 is 0. The highest BCUT2D eigenvalue weighted by Crippen LogP contribution is 1.81. The van der Waals surface area contributed by atoms with E-state index in [1.807, 2.05) is 0 Å². The van der Waals surface area contributed by atoms with Crippen LogP contribution in [0.5, 0.6) is 0 Å². The largest absolute Gasteiger partial charge is 0.348 e. The van der Waals surface area contributed by atoms with Gasteiger partial charge in [0.25, 0.3) is 0 Å². The topological polar surface area (TPSA) is 60.4 Å². The average molecular weight is 138 g/mol. The molecule has 48 valence electrons. The minimum absolute atomic E-state index is 0.0866. The van der Waals surface area contributed by atoms with E-state index in [9.17, 15) is 13.2 Å². The van der Waals surface area contributed by atoms with Crippen LogP contribution in [-0.4, -0.2) is 14.4 Å². The maximum Gasteiger partial charge on any atom is 0.321 e. The van der Waals surface area contributed by atoms with Gasteiger partial charge < -0.3 is 4.18 Å². The van der Waals surface area contributed by atoms with Crippen LogP contribution in [0.15, 0.2) is 0 Å². The van der Waals surface area contributed by atoms with E-state index in [0.29, 0.717) is 0 Å². The van der Waals surface area contributed by atoms with Gasteiger partial charge in [0.1, 0.15) is 0 Å². The Morgan fingerprint density at radius 1 is 1.62 bits per heavy atom. The van der Waals surface area contributed by atoms with Gasteiger partial charge in [-0.05, 0) is 0 Å². The third kappa shape index (κ3) is 3.60. The lowest BCUT2D eigenvalue weighted by Gasteiger charge is -1.86. The summed E-state index contributed by atoms with van der Waals surface area (Å²) in [6, 6.07) is 0.